The van der Waals surface area contributed by atoms with E-state index in [0.717, 1.165) is 12.2 Å². The molecule has 20 atom stereocenters. The Kier molecular flexibility index (Phi) is 19.6. The Balaban J connectivity index is 1.03. The van der Waals surface area contributed by atoms with E-state index < -0.39 is 161 Å². The third-order valence-electron chi connectivity index (χ3n) is 11.9. The van der Waals surface area contributed by atoms with Gasteiger partial charge >= 0.3 is 0 Å². The number of hydrogen-bond donors (Lipinski definition) is 15. The highest BCUT2D eigenvalue weighted by molar-refractivity contribution is 6.02. The van der Waals surface area contributed by atoms with Crippen LogP contribution in [0.1, 0.15) is 11.1 Å². The number of aliphatic hydroxyl groups is 15. The molecule has 26 heteroatoms. The lowest BCUT2D eigenvalue weighted by Gasteiger charge is -2.42. The number of methoxy groups -OCH3 is 2. The lowest BCUT2D eigenvalue weighted by atomic mass is 9.98. The van der Waals surface area contributed by atoms with E-state index in [-0.39, 0.29) is 23.0 Å². The summed E-state index contributed by atoms with van der Waals surface area (Å²) in [5.74, 6) is -0.894. The van der Waals surface area contributed by atoms with E-state index in [2.05, 4.69) is 0 Å². The molecule has 0 radical (unpaired) electrons. The minimum Gasteiger partial charge on any atom is -0.508 e. The summed E-state index contributed by atoms with van der Waals surface area (Å²) in [5.41, 5.74) is 0.854. The molecule has 6 rings (SSSR count). The second kappa shape index (κ2) is 25.0. The molecule has 4 aliphatic heterocycles. The summed E-state index contributed by atoms with van der Waals surface area (Å²) in [6, 6.07) is 8.74. The molecule has 0 amide bonds. The third-order valence-corrected chi connectivity index (χ3v) is 11.9. The van der Waals surface area contributed by atoms with Gasteiger partial charge in [0.1, 0.15) is 103 Å². The van der Waals surface area contributed by atoms with Crippen LogP contribution in [0, 0.1) is 0 Å². The highest BCUT2D eigenvalue weighted by atomic mass is 16.7. The van der Waals surface area contributed by atoms with Crippen molar-refractivity contribution in [2.45, 2.75) is 123 Å². The number of allylic oxidation sites excluding steroid dienone is 3. The van der Waals surface area contributed by atoms with Gasteiger partial charge in [-0.2, -0.15) is 0 Å². The van der Waals surface area contributed by atoms with Crippen molar-refractivity contribution >= 4 is 17.9 Å². The molecular weight excluding hydrogens is 956 g/mol. The molecule has 4 fully saturated rings. The maximum atomic E-state index is 12.8. The zero-order valence-electron chi connectivity index (χ0n) is 37.9. The van der Waals surface area contributed by atoms with Crippen LogP contribution in [0.5, 0.6) is 23.0 Å². The summed E-state index contributed by atoms with van der Waals surface area (Å²) in [7, 11) is 2.61. The molecule has 0 bridgehead atoms. The van der Waals surface area contributed by atoms with Crippen LogP contribution in [0.15, 0.2) is 60.4 Å². The predicted molar refractivity (Wildman–Crippen MR) is 234 cm³/mol. The fourth-order valence-corrected chi connectivity index (χ4v) is 7.72. The van der Waals surface area contributed by atoms with Crippen molar-refractivity contribution in [2.75, 3.05) is 40.6 Å². The van der Waals surface area contributed by atoms with E-state index in [9.17, 15) is 81.4 Å². The highest BCUT2D eigenvalue weighted by Gasteiger charge is 2.50. The summed E-state index contributed by atoms with van der Waals surface area (Å²) >= 11 is 0. The molecule has 15 N–H and O–H groups in total. The van der Waals surface area contributed by atoms with Crippen LogP contribution in [0.4, 0.5) is 0 Å². The number of ether oxygens (including phenoxy) is 10. The Morgan fingerprint density at radius 1 is 0.479 bits per heavy atom. The number of hydrogen-bond acceptors (Lipinski definition) is 26. The Hall–Kier alpha value is -4.47. The first-order valence-corrected chi connectivity index (χ1v) is 22.0. The molecule has 4 aliphatic rings. The fraction of sp³-hybridized carbons (Fsp3) is 0.578. The standard InChI is InChI=1S/C45H60O26/c1-62-24-11-18(5-9-22(24)66-44-40(60)36(56)32(52)28(70-44)16-64-42-38(58)34(54)30(50)26(14-46)68-42)3-7-20(48)13-21(49)8-4-19-6-10-23(25(12-19)63-2)67-45-41(61)37(57)33(53)29(71-45)17-65-43-39(59)35(55)31(51)27(15-47)69-43/h3-13,26-48,50-61H,14-17H2,1-2H3/b7-3+,8-4+,20-13-. The van der Waals surface area contributed by atoms with Gasteiger partial charge in [0.15, 0.2) is 41.4 Å². The maximum Gasteiger partial charge on any atom is 0.229 e. The second-order valence-electron chi connectivity index (χ2n) is 16.8. The molecule has 0 saturated carbocycles. The van der Waals surface area contributed by atoms with Crippen molar-refractivity contribution < 1.29 is 129 Å². The number of aliphatic hydroxyl groups excluding tert-OH is 15. The van der Waals surface area contributed by atoms with Gasteiger partial charge in [0.2, 0.25) is 12.6 Å². The van der Waals surface area contributed by atoms with E-state index in [4.69, 9.17) is 47.4 Å². The molecule has 4 saturated heterocycles. The molecule has 0 spiro atoms. The Morgan fingerprint density at radius 2 is 0.831 bits per heavy atom. The van der Waals surface area contributed by atoms with Crippen LogP contribution in [0.3, 0.4) is 0 Å². The zero-order chi connectivity index (χ0) is 51.8. The average molecular weight is 1020 g/mol. The lowest BCUT2D eigenvalue weighted by Crippen LogP contribution is -2.62. The van der Waals surface area contributed by atoms with Crippen LogP contribution in [0.2, 0.25) is 0 Å². The van der Waals surface area contributed by atoms with Crippen molar-refractivity contribution in [3.8, 4) is 23.0 Å². The number of carbonyl (C=O) groups excluding carboxylic acids is 1. The Morgan fingerprint density at radius 3 is 1.21 bits per heavy atom. The number of benzene rings is 2. The van der Waals surface area contributed by atoms with Gasteiger partial charge in [-0.3, -0.25) is 4.79 Å². The van der Waals surface area contributed by atoms with Crippen LogP contribution in [0.25, 0.3) is 12.2 Å². The molecule has 2 aromatic rings. The smallest absolute Gasteiger partial charge is 0.229 e. The number of carbonyl (C=O) groups is 1. The normalized spacial score (nSPS) is 38.1. The number of ketones is 1. The van der Waals surface area contributed by atoms with Crippen molar-refractivity contribution in [3.05, 3.63) is 71.5 Å². The van der Waals surface area contributed by atoms with Crippen molar-refractivity contribution in [2.24, 2.45) is 0 Å². The summed E-state index contributed by atoms with van der Waals surface area (Å²) in [6.45, 7) is -2.58. The van der Waals surface area contributed by atoms with Gasteiger partial charge in [0, 0.05) is 6.08 Å². The summed E-state index contributed by atoms with van der Waals surface area (Å²) in [5, 5.41) is 154. The average Bonchev–Trinajstić information content (AvgIpc) is 3.36. The Labute approximate surface area is 404 Å². The minimum absolute atomic E-state index is 0.00136. The molecule has 2 aromatic carbocycles. The van der Waals surface area contributed by atoms with Crippen molar-refractivity contribution in [1.29, 1.82) is 0 Å². The van der Waals surface area contributed by atoms with Gasteiger partial charge in [-0.05, 0) is 47.5 Å². The molecule has 0 aromatic heterocycles. The SMILES string of the molecule is COc1cc(/C=C/C(=O)/C=C(O)/C=C/c2ccc(OC3OC(COC4OC(CO)C(O)C(O)C4O)C(O)C(O)C3O)c(OC)c2)ccc1OC1OC(COC2OC(CO)C(O)C(O)C2O)C(O)C(O)C1O. The van der Waals surface area contributed by atoms with Crippen LogP contribution < -0.4 is 18.9 Å². The molecule has 4 heterocycles. The van der Waals surface area contributed by atoms with Gasteiger partial charge in [-0.25, -0.2) is 0 Å². The quantitative estimate of drug-likeness (QED) is 0.0354. The van der Waals surface area contributed by atoms with Gasteiger partial charge in [-0.1, -0.05) is 24.3 Å². The molecule has 20 unspecified atom stereocenters. The molecule has 396 valence electrons. The second-order valence-corrected chi connectivity index (χ2v) is 16.8. The summed E-state index contributed by atoms with van der Waals surface area (Å²) < 4.78 is 55.2. The van der Waals surface area contributed by atoms with Crippen molar-refractivity contribution in [3.63, 3.8) is 0 Å². The van der Waals surface area contributed by atoms with Gasteiger partial charge in [0.05, 0.1) is 40.6 Å². The summed E-state index contributed by atoms with van der Waals surface area (Å²) in [4.78, 5) is 12.8. The highest BCUT2D eigenvalue weighted by Crippen LogP contribution is 2.35. The van der Waals surface area contributed by atoms with Crippen molar-refractivity contribution in [1.82, 2.24) is 0 Å². The minimum atomic E-state index is -1.81. The van der Waals surface area contributed by atoms with E-state index >= 15 is 0 Å². The van der Waals surface area contributed by atoms with E-state index in [1.807, 2.05) is 0 Å². The summed E-state index contributed by atoms with van der Waals surface area (Å²) in [6.07, 6.45) is -26.5. The predicted octanol–water partition coefficient (Wildman–Crippen LogP) is -5.55. The third kappa shape index (κ3) is 13.2. The van der Waals surface area contributed by atoms with Crippen LogP contribution >= 0.6 is 0 Å². The van der Waals surface area contributed by atoms with Gasteiger partial charge < -0.3 is 124 Å². The van der Waals surface area contributed by atoms with E-state index in [0.29, 0.717) is 11.1 Å². The maximum absolute atomic E-state index is 12.8. The van der Waals surface area contributed by atoms with E-state index in [1.54, 1.807) is 0 Å². The first-order valence-electron chi connectivity index (χ1n) is 22.0. The first kappa shape index (κ1) is 55.8. The van der Waals surface area contributed by atoms with Crippen LogP contribution in [-0.4, -0.2) is 246 Å². The molecular formula is C45H60O26. The molecule has 0 aliphatic carbocycles. The van der Waals surface area contributed by atoms with Crippen LogP contribution in [-0.2, 0) is 33.2 Å². The van der Waals surface area contributed by atoms with Gasteiger partial charge in [-0.15, -0.1) is 0 Å². The largest absolute Gasteiger partial charge is 0.508 e. The zero-order valence-corrected chi connectivity index (χ0v) is 37.9. The lowest BCUT2D eigenvalue weighted by molar-refractivity contribution is -0.323. The Bertz CT molecular complexity index is 2130. The number of rotatable bonds is 19. The van der Waals surface area contributed by atoms with E-state index in [1.165, 1.54) is 68.8 Å². The fourth-order valence-electron chi connectivity index (χ4n) is 7.72. The monoisotopic (exact) mass is 1020 g/mol. The van der Waals surface area contributed by atoms with Gasteiger partial charge in [0.25, 0.3) is 0 Å². The molecule has 26 nitrogen and oxygen atoms in total. The first-order chi connectivity index (χ1) is 33.8. The topological polar surface area (TPSA) is 413 Å². The molecule has 71 heavy (non-hydrogen) atoms.